The van der Waals surface area contributed by atoms with Crippen molar-refractivity contribution in [3.8, 4) is 0 Å². The van der Waals surface area contributed by atoms with Gasteiger partial charge >= 0.3 is 0 Å². The number of aromatic nitrogens is 1. The van der Waals surface area contributed by atoms with Crippen LogP contribution in [0.1, 0.15) is 45.1 Å². The molecule has 0 aliphatic heterocycles. The quantitative estimate of drug-likeness (QED) is 0.622. The third kappa shape index (κ3) is 2.74. The molecular formula is C9H17NO. The van der Waals surface area contributed by atoms with E-state index in [1.807, 2.05) is 20.8 Å². The summed E-state index contributed by atoms with van der Waals surface area (Å²) in [6.07, 6.45) is 1.49. The standard InChI is InChI=1S/C7H11NO.C2H6/c1-5(2)7-6(3)8-4-9-7;1-2/h4-5H,1-3H3;1-2H3. The van der Waals surface area contributed by atoms with Crippen molar-refractivity contribution < 1.29 is 4.42 Å². The van der Waals surface area contributed by atoms with Crippen molar-refractivity contribution in [2.75, 3.05) is 0 Å². The second-order valence-electron chi connectivity index (χ2n) is 2.46. The zero-order chi connectivity index (χ0) is 8.85. The lowest BCUT2D eigenvalue weighted by atomic mass is 10.1. The monoisotopic (exact) mass is 155 g/mol. The molecule has 0 radical (unpaired) electrons. The third-order valence-electron chi connectivity index (χ3n) is 1.31. The van der Waals surface area contributed by atoms with E-state index in [0.29, 0.717) is 5.92 Å². The highest BCUT2D eigenvalue weighted by atomic mass is 16.3. The summed E-state index contributed by atoms with van der Waals surface area (Å²) in [5.74, 6) is 1.45. The van der Waals surface area contributed by atoms with Crippen LogP contribution in [-0.2, 0) is 0 Å². The van der Waals surface area contributed by atoms with Crippen LogP contribution >= 0.6 is 0 Å². The minimum atomic E-state index is 0.451. The summed E-state index contributed by atoms with van der Waals surface area (Å²) >= 11 is 0. The summed E-state index contributed by atoms with van der Waals surface area (Å²) in [6, 6.07) is 0. The molecule has 0 saturated carbocycles. The van der Waals surface area contributed by atoms with Crippen molar-refractivity contribution in [1.82, 2.24) is 4.98 Å². The fourth-order valence-corrected chi connectivity index (χ4v) is 0.865. The highest BCUT2D eigenvalue weighted by Gasteiger charge is 2.05. The van der Waals surface area contributed by atoms with Crippen molar-refractivity contribution in [2.24, 2.45) is 0 Å². The fourth-order valence-electron chi connectivity index (χ4n) is 0.865. The number of aryl methyl sites for hydroxylation is 1. The predicted octanol–water partition coefficient (Wildman–Crippen LogP) is 3.13. The van der Waals surface area contributed by atoms with Gasteiger partial charge in [0.25, 0.3) is 0 Å². The van der Waals surface area contributed by atoms with E-state index >= 15 is 0 Å². The largest absolute Gasteiger partial charge is 0.448 e. The molecule has 0 bridgehead atoms. The molecule has 0 N–H and O–H groups in total. The first kappa shape index (κ1) is 10.2. The molecule has 0 aliphatic carbocycles. The Morgan fingerprint density at radius 1 is 1.36 bits per heavy atom. The topological polar surface area (TPSA) is 26.0 Å². The molecule has 0 amide bonds. The van der Waals surface area contributed by atoms with Gasteiger partial charge in [0, 0.05) is 5.92 Å². The van der Waals surface area contributed by atoms with Crippen LogP contribution in [0.4, 0.5) is 0 Å². The average Bonchev–Trinajstić information content (AvgIpc) is 2.39. The molecule has 1 aromatic rings. The maximum atomic E-state index is 5.11. The first-order valence-corrected chi connectivity index (χ1v) is 4.12. The van der Waals surface area contributed by atoms with Gasteiger partial charge in [-0.1, -0.05) is 27.7 Å². The first-order valence-electron chi connectivity index (χ1n) is 4.12. The normalized spacial score (nSPS) is 9.27. The van der Waals surface area contributed by atoms with E-state index in [1.165, 1.54) is 6.39 Å². The Hall–Kier alpha value is -0.790. The Morgan fingerprint density at radius 2 is 1.91 bits per heavy atom. The van der Waals surface area contributed by atoms with Gasteiger partial charge in [0.2, 0.25) is 0 Å². The average molecular weight is 155 g/mol. The minimum absolute atomic E-state index is 0.451. The lowest BCUT2D eigenvalue weighted by molar-refractivity contribution is 0.480. The van der Waals surface area contributed by atoms with Crippen LogP contribution < -0.4 is 0 Å². The van der Waals surface area contributed by atoms with Gasteiger partial charge in [0.15, 0.2) is 6.39 Å². The fraction of sp³-hybridized carbons (Fsp3) is 0.667. The molecule has 1 rings (SSSR count). The highest BCUT2D eigenvalue weighted by Crippen LogP contribution is 2.16. The summed E-state index contributed by atoms with van der Waals surface area (Å²) in [7, 11) is 0. The van der Waals surface area contributed by atoms with Gasteiger partial charge in [-0.2, -0.15) is 0 Å². The van der Waals surface area contributed by atoms with E-state index in [0.717, 1.165) is 11.5 Å². The van der Waals surface area contributed by atoms with Gasteiger partial charge in [0.1, 0.15) is 5.76 Å². The zero-order valence-electron chi connectivity index (χ0n) is 8.01. The Labute approximate surface area is 68.6 Å². The number of rotatable bonds is 1. The highest BCUT2D eigenvalue weighted by molar-refractivity contribution is 5.07. The molecule has 0 saturated heterocycles. The minimum Gasteiger partial charge on any atom is -0.448 e. The molecule has 2 nitrogen and oxygen atoms in total. The molecule has 0 aliphatic rings. The van der Waals surface area contributed by atoms with E-state index in [-0.39, 0.29) is 0 Å². The SMILES string of the molecule is CC.Cc1ncoc1C(C)C. The van der Waals surface area contributed by atoms with Crippen LogP contribution in [0.15, 0.2) is 10.8 Å². The van der Waals surface area contributed by atoms with E-state index in [9.17, 15) is 0 Å². The van der Waals surface area contributed by atoms with E-state index in [4.69, 9.17) is 4.42 Å². The Balaban J connectivity index is 0.000000461. The number of oxazole rings is 1. The smallest absolute Gasteiger partial charge is 0.181 e. The molecule has 0 atom stereocenters. The predicted molar refractivity (Wildman–Crippen MR) is 46.7 cm³/mol. The second-order valence-corrected chi connectivity index (χ2v) is 2.46. The maximum Gasteiger partial charge on any atom is 0.181 e. The van der Waals surface area contributed by atoms with Crippen LogP contribution in [0, 0.1) is 6.92 Å². The molecule has 2 heteroatoms. The van der Waals surface area contributed by atoms with Gasteiger partial charge in [-0.15, -0.1) is 0 Å². The van der Waals surface area contributed by atoms with Crippen LogP contribution in [-0.4, -0.2) is 4.98 Å². The van der Waals surface area contributed by atoms with Crippen molar-refractivity contribution in [3.63, 3.8) is 0 Å². The Morgan fingerprint density at radius 3 is 2.09 bits per heavy atom. The van der Waals surface area contributed by atoms with Gasteiger partial charge in [-0.05, 0) is 6.92 Å². The summed E-state index contributed by atoms with van der Waals surface area (Å²) < 4.78 is 5.11. The van der Waals surface area contributed by atoms with Gasteiger partial charge in [-0.25, -0.2) is 4.98 Å². The van der Waals surface area contributed by atoms with Crippen molar-refractivity contribution >= 4 is 0 Å². The molecular weight excluding hydrogens is 138 g/mol. The molecule has 0 aromatic carbocycles. The number of hydrogen-bond donors (Lipinski definition) is 0. The molecule has 1 aromatic heterocycles. The molecule has 0 fully saturated rings. The van der Waals surface area contributed by atoms with Gasteiger partial charge in [0.05, 0.1) is 5.69 Å². The first-order chi connectivity index (χ1) is 5.22. The van der Waals surface area contributed by atoms with Crippen molar-refractivity contribution in [3.05, 3.63) is 17.8 Å². The van der Waals surface area contributed by atoms with Crippen molar-refractivity contribution in [2.45, 2.75) is 40.5 Å². The molecule has 11 heavy (non-hydrogen) atoms. The Bertz CT molecular complexity index is 191. The van der Waals surface area contributed by atoms with Gasteiger partial charge in [-0.3, -0.25) is 0 Å². The van der Waals surface area contributed by atoms with Crippen LogP contribution in [0.25, 0.3) is 0 Å². The van der Waals surface area contributed by atoms with Crippen molar-refractivity contribution in [1.29, 1.82) is 0 Å². The second kappa shape index (κ2) is 4.94. The summed E-state index contributed by atoms with van der Waals surface area (Å²) in [4.78, 5) is 3.97. The number of hydrogen-bond acceptors (Lipinski definition) is 2. The molecule has 0 spiro atoms. The zero-order valence-corrected chi connectivity index (χ0v) is 8.01. The molecule has 0 unspecified atom stereocenters. The van der Waals surface area contributed by atoms with E-state index < -0.39 is 0 Å². The van der Waals surface area contributed by atoms with Crippen LogP contribution in [0.2, 0.25) is 0 Å². The Kier molecular flexibility index (Phi) is 4.59. The summed E-state index contributed by atoms with van der Waals surface area (Å²) in [5.41, 5.74) is 1.00. The lowest BCUT2D eigenvalue weighted by Crippen LogP contribution is -1.86. The summed E-state index contributed by atoms with van der Waals surface area (Å²) in [5, 5.41) is 0. The van der Waals surface area contributed by atoms with Crippen LogP contribution in [0.3, 0.4) is 0 Å². The van der Waals surface area contributed by atoms with E-state index in [1.54, 1.807) is 0 Å². The maximum absolute atomic E-state index is 5.11. The number of nitrogens with zero attached hydrogens (tertiary/aromatic N) is 1. The lowest BCUT2D eigenvalue weighted by Gasteiger charge is -1.97. The van der Waals surface area contributed by atoms with Crippen LogP contribution in [0.5, 0.6) is 0 Å². The molecule has 64 valence electrons. The summed E-state index contributed by atoms with van der Waals surface area (Å²) in [6.45, 7) is 10.1. The van der Waals surface area contributed by atoms with E-state index in [2.05, 4.69) is 18.8 Å². The van der Waals surface area contributed by atoms with Gasteiger partial charge < -0.3 is 4.42 Å². The third-order valence-corrected chi connectivity index (χ3v) is 1.31. The molecule has 1 heterocycles.